The number of carbonyl (C=O) groups is 1. The van der Waals surface area contributed by atoms with Crippen LogP contribution in [0.1, 0.15) is 29.6 Å². The second-order valence-corrected chi connectivity index (χ2v) is 6.34. The number of anilines is 1. The predicted octanol–water partition coefficient (Wildman–Crippen LogP) is 2.72. The van der Waals surface area contributed by atoms with Crippen molar-refractivity contribution < 1.29 is 4.79 Å². The third-order valence-corrected chi connectivity index (χ3v) is 4.75. The Morgan fingerprint density at radius 3 is 3.10 bits per heavy atom. The van der Waals surface area contributed by atoms with Crippen LogP contribution in [0.2, 0.25) is 0 Å². The summed E-state index contributed by atoms with van der Waals surface area (Å²) in [6.07, 6.45) is 9.27. The maximum atomic E-state index is 11.8. The summed E-state index contributed by atoms with van der Waals surface area (Å²) in [6.45, 7) is 6.15. The summed E-state index contributed by atoms with van der Waals surface area (Å²) in [7, 11) is 0. The summed E-state index contributed by atoms with van der Waals surface area (Å²) >= 11 is 1.93. The minimum absolute atomic E-state index is 0.105. The molecule has 1 aliphatic heterocycles. The van der Waals surface area contributed by atoms with Gasteiger partial charge in [0, 0.05) is 31.1 Å². The molecule has 1 saturated heterocycles. The summed E-state index contributed by atoms with van der Waals surface area (Å²) in [6, 6.07) is 3.80. The highest BCUT2D eigenvalue weighted by atomic mass is 32.2. The zero-order valence-corrected chi connectivity index (χ0v) is 13.4. The Morgan fingerprint density at radius 2 is 2.43 bits per heavy atom. The molecule has 1 aromatic rings. The molecule has 0 spiro atoms. The van der Waals surface area contributed by atoms with E-state index in [0.29, 0.717) is 17.4 Å². The molecule has 114 valence electrons. The van der Waals surface area contributed by atoms with E-state index in [1.807, 2.05) is 23.9 Å². The van der Waals surface area contributed by atoms with Crippen LogP contribution in [0.15, 0.2) is 31.0 Å². The number of amides is 1. The number of hydrogen-bond donors (Lipinski definition) is 1. The fourth-order valence-electron chi connectivity index (χ4n) is 2.48. The first-order chi connectivity index (χ1) is 10.2. The molecule has 2 heterocycles. The van der Waals surface area contributed by atoms with Crippen LogP contribution in [0, 0.1) is 0 Å². The minimum Gasteiger partial charge on any atom is -0.356 e. The Hall–Kier alpha value is -1.49. The van der Waals surface area contributed by atoms with E-state index < -0.39 is 0 Å². The van der Waals surface area contributed by atoms with E-state index in [1.165, 1.54) is 19.3 Å². The van der Waals surface area contributed by atoms with Crippen molar-refractivity contribution in [3.05, 3.63) is 36.5 Å². The number of pyridine rings is 1. The van der Waals surface area contributed by atoms with Gasteiger partial charge in [-0.3, -0.25) is 4.79 Å². The SMILES string of the molecule is C=CCNC(=O)c1ccc(N2CCCCC(SC)C2)nc1. The second-order valence-electron chi connectivity index (χ2n) is 5.20. The lowest BCUT2D eigenvalue weighted by atomic mass is 10.2. The summed E-state index contributed by atoms with van der Waals surface area (Å²) in [5, 5.41) is 3.43. The Morgan fingerprint density at radius 1 is 1.57 bits per heavy atom. The number of nitrogens with one attached hydrogen (secondary N) is 1. The van der Waals surface area contributed by atoms with Gasteiger partial charge in [-0.25, -0.2) is 4.98 Å². The highest BCUT2D eigenvalue weighted by Crippen LogP contribution is 2.23. The third-order valence-electron chi connectivity index (χ3n) is 3.70. The van der Waals surface area contributed by atoms with Gasteiger partial charge in [0.05, 0.1) is 5.56 Å². The van der Waals surface area contributed by atoms with Crippen molar-refractivity contribution in [3.63, 3.8) is 0 Å². The highest BCUT2D eigenvalue weighted by molar-refractivity contribution is 7.99. The summed E-state index contributed by atoms with van der Waals surface area (Å²) in [5.74, 6) is 0.864. The fourth-order valence-corrected chi connectivity index (χ4v) is 3.21. The fraction of sp³-hybridized carbons (Fsp3) is 0.500. The van der Waals surface area contributed by atoms with Crippen LogP contribution in [-0.4, -0.2) is 42.0 Å². The number of nitrogens with zero attached hydrogens (tertiary/aromatic N) is 2. The second kappa shape index (κ2) is 8.08. The number of aromatic nitrogens is 1. The zero-order chi connectivity index (χ0) is 15.1. The Balaban J connectivity index is 2.03. The molecular weight excluding hydrogens is 282 g/mol. The Bertz CT molecular complexity index is 475. The smallest absolute Gasteiger partial charge is 0.253 e. The van der Waals surface area contributed by atoms with Gasteiger partial charge in [0.2, 0.25) is 0 Å². The van der Waals surface area contributed by atoms with Gasteiger partial charge in [-0.1, -0.05) is 12.5 Å². The average Bonchev–Trinajstić information content (AvgIpc) is 2.78. The molecule has 1 amide bonds. The third kappa shape index (κ3) is 4.49. The van der Waals surface area contributed by atoms with E-state index in [1.54, 1.807) is 12.3 Å². The van der Waals surface area contributed by atoms with Crippen molar-refractivity contribution in [2.45, 2.75) is 24.5 Å². The standard InChI is InChI=1S/C16H23N3OS/c1-3-9-17-16(20)13-7-8-15(18-11-13)19-10-5-4-6-14(12-19)21-2/h3,7-8,11,14H,1,4-6,9-10,12H2,2H3,(H,17,20). The van der Waals surface area contributed by atoms with E-state index in [0.717, 1.165) is 18.9 Å². The van der Waals surface area contributed by atoms with E-state index in [4.69, 9.17) is 0 Å². The first kappa shape index (κ1) is 15.9. The molecule has 1 aromatic heterocycles. The molecule has 1 aliphatic rings. The van der Waals surface area contributed by atoms with Gasteiger partial charge in [-0.05, 0) is 31.2 Å². The lowest BCUT2D eigenvalue weighted by molar-refractivity contribution is 0.0957. The maximum Gasteiger partial charge on any atom is 0.253 e. The molecular formula is C16H23N3OS. The Labute approximate surface area is 131 Å². The monoisotopic (exact) mass is 305 g/mol. The molecule has 0 aromatic carbocycles. The molecule has 5 heteroatoms. The summed E-state index contributed by atoms with van der Waals surface area (Å²) < 4.78 is 0. The van der Waals surface area contributed by atoms with Gasteiger partial charge in [-0.2, -0.15) is 11.8 Å². The summed E-state index contributed by atoms with van der Waals surface area (Å²) in [4.78, 5) is 18.6. The molecule has 1 atom stereocenters. The van der Waals surface area contributed by atoms with Gasteiger partial charge in [-0.15, -0.1) is 6.58 Å². The molecule has 21 heavy (non-hydrogen) atoms. The van der Waals surface area contributed by atoms with Gasteiger partial charge in [0.15, 0.2) is 0 Å². The van der Waals surface area contributed by atoms with Gasteiger partial charge >= 0.3 is 0 Å². The first-order valence-electron chi connectivity index (χ1n) is 7.37. The molecule has 1 fully saturated rings. The zero-order valence-electron chi connectivity index (χ0n) is 12.5. The summed E-state index contributed by atoms with van der Waals surface area (Å²) in [5.41, 5.74) is 0.594. The van der Waals surface area contributed by atoms with E-state index >= 15 is 0 Å². The average molecular weight is 305 g/mol. The van der Waals surface area contributed by atoms with E-state index in [2.05, 4.69) is 28.0 Å². The molecule has 0 aliphatic carbocycles. The van der Waals surface area contributed by atoms with Crippen molar-refractivity contribution in [3.8, 4) is 0 Å². The van der Waals surface area contributed by atoms with Crippen LogP contribution < -0.4 is 10.2 Å². The maximum absolute atomic E-state index is 11.8. The van der Waals surface area contributed by atoms with Crippen LogP contribution >= 0.6 is 11.8 Å². The van der Waals surface area contributed by atoms with Crippen molar-refractivity contribution in [2.24, 2.45) is 0 Å². The molecule has 0 radical (unpaired) electrons. The van der Waals surface area contributed by atoms with Crippen molar-refractivity contribution in [1.29, 1.82) is 0 Å². The van der Waals surface area contributed by atoms with E-state index in [9.17, 15) is 4.79 Å². The highest BCUT2D eigenvalue weighted by Gasteiger charge is 2.18. The largest absolute Gasteiger partial charge is 0.356 e. The molecule has 1 unspecified atom stereocenters. The van der Waals surface area contributed by atoms with Crippen LogP contribution in [0.25, 0.3) is 0 Å². The van der Waals surface area contributed by atoms with Crippen LogP contribution in [0.3, 0.4) is 0 Å². The lowest BCUT2D eigenvalue weighted by Gasteiger charge is -2.24. The van der Waals surface area contributed by atoms with Crippen molar-refractivity contribution in [1.82, 2.24) is 10.3 Å². The molecule has 1 N–H and O–H groups in total. The van der Waals surface area contributed by atoms with E-state index in [-0.39, 0.29) is 5.91 Å². The molecule has 0 saturated carbocycles. The van der Waals surface area contributed by atoms with Crippen LogP contribution in [-0.2, 0) is 0 Å². The topological polar surface area (TPSA) is 45.2 Å². The minimum atomic E-state index is -0.105. The van der Waals surface area contributed by atoms with Gasteiger partial charge in [0.1, 0.15) is 5.82 Å². The van der Waals surface area contributed by atoms with Gasteiger partial charge in [0.25, 0.3) is 5.91 Å². The quantitative estimate of drug-likeness (QED) is 0.850. The number of hydrogen-bond acceptors (Lipinski definition) is 4. The number of thioether (sulfide) groups is 1. The van der Waals surface area contributed by atoms with Crippen LogP contribution in [0.4, 0.5) is 5.82 Å². The molecule has 4 nitrogen and oxygen atoms in total. The molecule has 2 rings (SSSR count). The number of rotatable bonds is 5. The number of carbonyl (C=O) groups excluding carboxylic acids is 1. The normalized spacial score (nSPS) is 18.9. The Kier molecular flexibility index (Phi) is 6.11. The lowest BCUT2D eigenvalue weighted by Crippen LogP contribution is -2.30. The van der Waals surface area contributed by atoms with Crippen LogP contribution in [0.5, 0.6) is 0 Å². The van der Waals surface area contributed by atoms with Crippen molar-refractivity contribution >= 4 is 23.5 Å². The molecule has 0 bridgehead atoms. The van der Waals surface area contributed by atoms with Crippen molar-refractivity contribution in [2.75, 3.05) is 30.8 Å². The van der Waals surface area contributed by atoms with Gasteiger partial charge < -0.3 is 10.2 Å². The predicted molar refractivity (Wildman–Crippen MR) is 90.1 cm³/mol. The first-order valence-corrected chi connectivity index (χ1v) is 8.66.